The molecular formula is C33H46N6O6. The first-order chi connectivity index (χ1) is 21.5. The minimum atomic E-state index is -1.06. The van der Waals surface area contributed by atoms with Crippen LogP contribution in [0, 0.1) is 5.92 Å². The highest BCUT2D eigenvalue weighted by molar-refractivity contribution is 5.94. The summed E-state index contributed by atoms with van der Waals surface area (Å²) in [6, 6.07) is 9.66. The van der Waals surface area contributed by atoms with Crippen LogP contribution in [0.3, 0.4) is 0 Å². The zero-order valence-electron chi connectivity index (χ0n) is 26.5. The van der Waals surface area contributed by atoms with Gasteiger partial charge in [0.25, 0.3) is 0 Å². The smallest absolute Gasteiger partial charge is 0.245 e. The monoisotopic (exact) mass is 622 g/mol. The van der Waals surface area contributed by atoms with Crippen LogP contribution < -0.4 is 16.0 Å². The van der Waals surface area contributed by atoms with Crippen LogP contribution in [-0.2, 0) is 36.9 Å². The van der Waals surface area contributed by atoms with Crippen LogP contribution in [0.25, 0.3) is 0 Å². The molecule has 2 aromatic rings. The maximum absolute atomic E-state index is 13.7. The first-order valence-corrected chi connectivity index (χ1v) is 15.6. The number of nitrogens with zero attached hydrogens (tertiary/aromatic N) is 3. The van der Waals surface area contributed by atoms with Crippen LogP contribution in [0.2, 0.25) is 0 Å². The summed E-state index contributed by atoms with van der Waals surface area (Å²) in [6.45, 7) is 6.27. The molecule has 4 rings (SSSR count). The number of aliphatic hydroxyl groups excluding tert-OH is 1. The van der Waals surface area contributed by atoms with Gasteiger partial charge in [0.1, 0.15) is 24.2 Å². The fraction of sp³-hybridized carbons (Fsp3) is 0.545. The van der Waals surface area contributed by atoms with Crippen molar-refractivity contribution in [3.8, 4) is 0 Å². The molecule has 2 aliphatic heterocycles. The van der Waals surface area contributed by atoms with E-state index in [1.165, 1.54) is 11.9 Å². The van der Waals surface area contributed by atoms with Crippen LogP contribution in [0.1, 0.15) is 44.7 Å². The van der Waals surface area contributed by atoms with E-state index in [2.05, 4.69) is 20.9 Å². The summed E-state index contributed by atoms with van der Waals surface area (Å²) < 4.78 is 5.96. The molecule has 0 saturated carbocycles. The van der Waals surface area contributed by atoms with Crippen molar-refractivity contribution >= 4 is 23.6 Å². The summed E-state index contributed by atoms with van der Waals surface area (Å²) in [5, 5.41) is 20.1. The third-order valence-corrected chi connectivity index (χ3v) is 8.38. The standard InChI is InChI=1S/C33H46N6O6/c1-21(2)15-27-33(44)38(4)22(3)31(42)37-26(16-23-9-6-5-7-10-23)32(43)36-25-12-14-45-28(30(25)41)19-39(20-29(40)35-27)18-24-11-8-13-34-17-24/h5-11,13,17,21-22,25-28,30,41H,12,14-16,18-20H2,1-4H3,(H,35,40)(H,36,43)(H,37,42)/t22-,25-,26-,27+,28+,30-/m0/s1. The van der Waals surface area contributed by atoms with Gasteiger partial charge in [-0.2, -0.15) is 0 Å². The van der Waals surface area contributed by atoms with Gasteiger partial charge in [0.2, 0.25) is 23.6 Å². The van der Waals surface area contributed by atoms with Crippen molar-refractivity contribution in [3.05, 3.63) is 66.0 Å². The zero-order chi connectivity index (χ0) is 32.5. The Labute approximate surface area is 264 Å². The molecule has 2 fully saturated rings. The SMILES string of the molecule is CC(C)C[C@H]1NC(=O)CN(Cc2cccnc2)C[C@H]2OCC[C@H](NC(=O)[C@H](Cc3ccccc3)NC(=O)[C@H](C)N(C)C1=O)[C@@H]2O. The van der Waals surface area contributed by atoms with Crippen LogP contribution in [0.5, 0.6) is 0 Å². The highest BCUT2D eigenvalue weighted by Crippen LogP contribution is 2.19. The van der Waals surface area contributed by atoms with Crippen molar-refractivity contribution in [2.24, 2.45) is 5.92 Å². The second-order valence-corrected chi connectivity index (χ2v) is 12.5. The quantitative estimate of drug-likeness (QED) is 0.366. The van der Waals surface area contributed by atoms with Gasteiger partial charge >= 0.3 is 0 Å². The van der Waals surface area contributed by atoms with E-state index < -0.39 is 54.1 Å². The third-order valence-electron chi connectivity index (χ3n) is 8.38. The van der Waals surface area contributed by atoms with Crippen molar-refractivity contribution < 1.29 is 29.0 Å². The van der Waals surface area contributed by atoms with Gasteiger partial charge in [0.15, 0.2) is 0 Å². The molecule has 2 bridgehead atoms. The van der Waals surface area contributed by atoms with E-state index in [0.717, 1.165) is 11.1 Å². The van der Waals surface area contributed by atoms with Crippen LogP contribution in [0.4, 0.5) is 0 Å². The lowest BCUT2D eigenvalue weighted by molar-refractivity contribution is -0.142. The summed E-state index contributed by atoms with van der Waals surface area (Å²) in [5.74, 6) is -1.63. The molecule has 0 unspecified atom stereocenters. The average Bonchev–Trinajstić information content (AvgIpc) is 3.01. The molecule has 0 radical (unpaired) electrons. The van der Waals surface area contributed by atoms with Gasteiger partial charge in [-0.3, -0.25) is 29.1 Å². The van der Waals surface area contributed by atoms with Crippen molar-refractivity contribution in [2.45, 2.75) is 83.0 Å². The van der Waals surface area contributed by atoms with Crippen molar-refractivity contribution in [3.63, 3.8) is 0 Å². The van der Waals surface area contributed by atoms with Gasteiger partial charge in [-0.05, 0) is 42.9 Å². The molecule has 4 N–H and O–H groups in total. The Hall–Kier alpha value is -3.87. The highest BCUT2D eigenvalue weighted by atomic mass is 16.5. The van der Waals surface area contributed by atoms with Gasteiger partial charge < -0.3 is 30.7 Å². The highest BCUT2D eigenvalue weighted by Gasteiger charge is 2.38. The zero-order valence-corrected chi connectivity index (χ0v) is 26.5. The largest absolute Gasteiger partial charge is 0.388 e. The molecular weight excluding hydrogens is 576 g/mol. The Morgan fingerprint density at radius 3 is 2.40 bits per heavy atom. The molecule has 12 heteroatoms. The number of nitrogens with one attached hydrogen (secondary N) is 3. The Balaban J connectivity index is 1.67. The minimum absolute atomic E-state index is 0.0702. The number of amides is 4. The molecule has 3 heterocycles. The van der Waals surface area contributed by atoms with Crippen LogP contribution in [0.15, 0.2) is 54.9 Å². The average molecular weight is 623 g/mol. The Morgan fingerprint density at radius 1 is 0.978 bits per heavy atom. The lowest BCUT2D eigenvalue weighted by Crippen LogP contribution is -2.60. The molecule has 0 spiro atoms. The van der Waals surface area contributed by atoms with Crippen molar-refractivity contribution in [1.29, 1.82) is 0 Å². The second-order valence-electron chi connectivity index (χ2n) is 12.5. The molecule has 45 heavy (non-hydrogen) atoms. The van der Waals surface area contributed by atoms with E-state index in [1.807, 2.05) is 61.2 Å². The minimum Gasteiger partial charge on any atom is -0.388 e. The maximum atomic E-state index is 13.7. The van der Waals surface area contributed by atoms with Crippen LogP contribution in [-0.4, -0.2) is 107 Å². The number of ether oxygens (including phenoxy) is 1. The first kappa shape index (κ1) is 34.0. The second kappa shape index (κ2) is 15.9. The molecule has 1 aromatic carbocycles. The number of carbonyl (C=O) groups is 4. The predicted octanol–water partition coefficient (Wildman–Crippen LogP) is 0.637. The number of aromatic nitrogens is 1. The molecule has 2 aliphatic rings. The molecule has 4 amide bonds. The number of likely N-dealkylation sites (N-methyl/N-ethyl adjacent to an activating group) is 1. The number of hydrogen-bond donors (Lipinski definition) is 4. The van der Waals surface area contributed by atoms with E-state index >= 15 is 0 Å². The van der Waals surface area contributed by atoms with Gasteiger partial charge in [0.05, 0.1) is 18.7 Å². The number of benzene rings is 1. The molecule has 12 nitrogen and oxygen atoms in total. The van der Waals surface area contributed by atoms with Crippen LogP contribution >= 0.6 is 0 Å². The van der Waals surface area contributed by atoms with Gasteiger partial charge in [0, 0.05) is 45.6 Å². The molecule has 2 saturated heterocycles. The van der Waals surface area contributed by atoms with E-state index in [0.29, 0.717) is 26.0 Å². The maximum Gasteiger partial charge on any atom is 0.245 e. The topological polar surface area (TPSA) is 153 Å². The number of rotatable bonds is 6. The first-order valence-electron chi connectivity index (χ1n) is 15.6. The number of aliphatic hydroxyl groups is 1. The van der Waals surface area contributed by atoms with Gasteiger partial charge in [-0.25, -0.2) is 0 Å². The number of pyridine rings is 1. The summed E-state index contributed by atoms with van der Waals surface area (Å²) in [7, 11) is 1.53. The summed E-state index contributed by atoms with van der Waals surface area (Å²) in [5.41, 5.74) is 1.71. The summed E-state index contributed by atoms with van der Waals surface area (Å²) in [4.78, 5) is 61.7. The Kier molecular flexibility index (Phi) is 12.0. The number of hydrogen-bond acceptors (Lipinski definition) is 8. The lowest BCUT2D eigenvalue weighted by atomic mass is 9.97. The van der Waals surface area contributed by atoms with Crippen molar-refractivity contribution in [1.82, 2.24) is 30.7 Å². The molecule has 1 aromatic heterocycles. The fourth-order valence-corrected chi connectivity index (χ4v) is 5.77. The molecule has 244 valence electrons. The van der Waals surface area contributed by atoms with E-state index in [4.69, 9.17) is 4.74 Å². The lowest BCUT2D eigenvalue weighted by Gasteiger charge is -2.38. The fourth-order valence-electron chi connectivity index (χ4n) is 5.77. The predicted molar refractivity (Wildman–Crippen MR) is 168 cm³/mol. The normalized spacial score (nSPS) is 27.8. The number of fused-ring (bicyclic) bond motifs is 2. The third kappa shape index (κ3) is 9.56. The van der Waals surface area contributed by atoms with Gasteiger partial charge in [-0.15, -0.1) is 0 Å². The summed E-state index contributed by atoms with van der Waals surface area (Å²) in [6.07, 6.45) is 2.58. The van der Waals surface area contributed by atoms with E-state index in [-0.39, 0.29) is 31.3 Å². The van der Waals surface area contributed by atoms with Crippen molar-refractivity contribution in [2.75, 3.05) is 26.7 Å². The Morgan fingerprint density at radius 2 is 1.71 bits per heavy atom. The van der Waals surface area contributed by atoms with E-state index in [1.54, 1.807) is 19.3 Å². The number of carbonyl (C=O) groups excluding carboxylic acids is 4. The van der Waals surface area contributed by atoms with E-state index in [9.17, 15) is 24.3 Å². The molecule has 0 aliphatic carbocycles. The molecule has 6 atom stereocenters. The Bertz CT molecular complexity index is 1300. The summed E-state index contributed by atoms with van der Waals surface area (Å²) >= 11 is 0. The van der Waals surface area contributed by atoms with Gasteiger partial charge in [-0.1, -0.05) is 50.2 Å².